The van der Waals surface area contributed by atoms with E-state index >= 15 is 0 Å². The lowest BCUT2D eigenvalue weighted by Gasteiger charge is -2.03. The van der Waals surface area contributed by atoms with Crippen LogP contribution in [0.25, 0.3) is 0 Å². The van der Waals surface area contributed by atoms with E-state index in [1.807, 2.05) is 0 Å². The van der Waals surface area contributed by atoms with E-state index in [-0.39, 0.29) is 5.75 Å². The highest BCUT2D eigenvalue weighted by Gasteiger charge is 2.12. The van der Waals surface area contributed by atoms with Gasteiger partial charge in [0.1, 0.15) is 6.10 Å². The lowest BCUT2D eigenvalue weighted by atomic mass is 10.4. The summed E-state index contributed by atoms with van der Waals surface area (Å²) in [7, 11) is 0. The fourth-order valence-corrected chi connectivity index (χ4v) is 0.680. The van der Waals surface area contributed by atoms with Crippen LogP contribution < -0.4 is 10.3 Å². The van der Waals surface area contributed by atoms with E-state index in [0.717, 1.165) is 0 Å². The molecule has 0 aliphatic carbocycles. The van der Waals surface area contributed by atoms with E-state index < -0.39 is 17.6 Å². The second-order valence-corrected chi connectivity index (χ2v) is 2.46. The molecule has 0 saturated heterocycles. The molecule has 1 heterocycles. The molecule has 0 spiro atoms. The molecule has 0 bridgehead atoms. The van der Waals surface area contributed by atoms with Crippen LogP contribution in [-0.4, -0.2) is 22.2 Å². The molecule has 0 unspecified atom stereocenters. The number of H-pyrrole nitrogens is 1. The number of pyridine rings is 1. The van der Waals surface area contributed by atoms with Crippen molar-refractivity contribution in [1.29, 1.82) is 0 Å². The summed E-state index contributed by atoms with van der Waals surface area (Å²) < 4.78 is 4.57. The molecule has 5 nitrogen and oxygen atoms in total. The molecule has 0 aromatic carbocycles. The van der Waals surface area contributed by atoms with Crippen molar-refractivity contribution in [3.63, 3.8) is 0 Å². The first-order chi connectivity index (χ1) is 6.11. The SMILES string of the molecule is C[C@@H](O)C(=O)Oc1ccc[nH]c1=O. The number of ether oxygens (including phenoxy) is 1. The van der Waals surface area contributed by atoms with Crippen molar-refractivity contribution in [1.82, 2.24) is 4.98 Å². The normalized spacial score (nSPS) is 12.2. The molecule has 0 saturated carbocycles. The van der Waals surface area contributed by atoms with Gasteiger partial charge in [-0.3, -0.25) is 4.79 Å². The summed E-state index contributed by atoms with van der Waals surface area (Å²) in [5.74, 6) is -0.967. The Morgan fingerprint density at radius 1 is 1.69 bits per heavy atom. The van der Waals surface area contributed by atoms with Crippen molar-refractivity contribution >= 4 is 5.97 Å². The average Bonchev–Trinajstić information content (AvgIpc) is 2.08. The van der Waals surface area contributed by atoms with Gasteiger partial charge in [-0.05, 0) is 19.1 Å². The first kappa shape index (κ1) is 9.47. The molecule has 1 atom stereocenters. The van der Waals surface area contributed by atoms with Crippen LogP contribution in [0.4, 0.5) is 0 Å². The van der Waals surface area contributed by atoms with E-state index in [2.05, 4.69) is 9.72 Å². The minimum atomic E-state index is -1.24. The summed E-state index contributed by atoms with van der Waals surface area (Å²) in [6.45, 7) is 1.26. The smallest absolute Gasteiger partial charge is 0.340 e. The molecule has 0 aliphatic heterocycles. The van der Waals surface area contributed by atoms with Gasteiger partial charge in [0.15, 0.2) is 5.75 Å². The molecule has 13 heavy (non-hydrogen) atoms. The van der Waals surface area contributed by atoms with Crippen LogP contribution in [-0.2, 0) is 4.79 Å². The number of aromatic nitrogens is 1. The van der Waals surface area contributed by atoms with Crippen LogP contribution in [0.3, 0.4) is 0 Å². The van der Waals surface area contributed by atoms with Gasteiger partial charge in [0.2, 0.25) is 0 Å². The van der Waals surface area contributed by atoms with Gasteiger partial charge in [-0.2, -0.15) is 0 Å². The van der Waals surface area contributed by atoms with Gasteiger partial charge in [-0.15, -0.1) is 0 Å². The van der Waals surface area contributed by atoms with E-state index in [0.29, 0.717) is 0 Å². The molecule has 70 valence electrons. The molecule has 0 radical (unpaired) electrons. The van der Waals surface area contributed by atoms with Crippen LogP contribution in [0.1, 0.15) is 6.92 Å². The Hall–Kier alpha value is -1.62. The maximum absolute atomic E-state index is 11.0. The summed E-state index contributed by atoms with van der Waals surface area (Å²) in [5, 5.41) is 8.79. The maximum Gasteiger partial charge on any atom is 0.340 e. The largest absolute Gasteiger partial charge is 0.419 e. The van der Waals surface area contributed by atoms with E-state index in [4.69, 9.17) is 5.11 Å². The third-order valence-corrected chi connectivity index (χ3v) is 1.33. The molecular weight excluding hydrogens is 174 g/mol. The number of carbonyl (C=O) groups excluding carboxylic acids is 1. The Morgan fingerprint density at radius 3 is 2.92 bits per heavy atom. The molecule has 2 N–H and O–H groups in total. The maximum atomic E-state index is 11.0. The lowest BCUT2D eigenvalue weighted by Crippen LogP contribution is -2.25. The molecule has 5 heteroatoms. The summed E-state index contributed by atoms with van der Waals surface area (Å²) in [6.07, 6.45) is 0.182. The van der Waals surface area contributed by atoms with Crippen molar-refractivity contribution in [3.8, 4) is 5.75 Å². The number of hydrogen-bond acceptors (Lipinski definition) is 4. The number of nitrogens with one attached hydrogen (secondary N) is 1. The first-order valence-corrected chi connectivity index (χ1v) is 3.68. The molecule has 0 fully saturated rings. The number of esters is 1. The lowest BCUT2D eigenvalue weighted by molar-refractivity contribution is -0.142. The van der Waals surface area contributed by atoms with Crippen molar-refractivity contribution in [2.75, 3.05) is 0 Å². The predicted octanol–water partition coefficient (Wildman–Crippen LogP) is -0.339. The monoisotopic (exact) mass is 183 g/mol. The van der Waals surface area contributed by atoms with E-state index in [1.54, 1.807) is 0 Å². The number of aliphatic hydroxyl groups is 1. The van der Waals surface area contributed by atoms with Crippen molar-refractivity contribution in [2.45, 2.75) is 13.0 Å². The molecular formula is C8H9NO4. The Labute approximate surface area is 74.0 Å². The second-order valence-electron chi connectivity index (χ2n) is 2.46. The van der Waals surface area contributed by atoms with E-state index in [9.17, 15) is 9.59 Å². The van der Waals surface area contributed by atoms with Gasteiger partial charge in [0.05, 0.1) is 0 Å². The van der Waals surface area contributed by atoms with E-state index in [1.165, 1.54) is 25.3 Å². The van der Waals surface area contributed by atoms with Gasteiger partial charge in [-0.25, -0.2) is 4.79 Å². The zero-order valence-corrected chi connectivity index (χ0v) is 6.98. The summed E-state index contributed by atoms with van der Waals surface area (Å²) >= 11 is 0. The fraction of sp³-hybridized carbons (Fsp3) is 0.250. The number of aromatic amines is 1. The molecule has 1 aromatic heterocycles. The Balaban J connectivity index is 2.81. The van der Waals surface area contributed by atoms with Gasteiger partial charge in [0.25, 0.3) is 5.56 Å². The highest BCUT2D eigenvalue weighted by molar-refractivity contribution is 5.76. The highest BCUT2D eigenvalue weighted by atomic mass is 16.6. The Kier molecular flexibility index (Phi) is 2.81. The molecule has 1 rings (SSSR count). The molecule has 1 aromatic rings. The van der Waals surface area contributed by atoms with Crippen LogP contribution in [0.5, 0.6) is 5.75 Å². The topological polar surface area (TPSA) is 79.4 Å². The molecule has 0 aliphatic rings. The predicted molar refractivity (Wildman–Crippen MR) is 44.4 cm³/mol. The quantitative estimate of drug-likeness (QED) is 0.615. The first-order valence-electron chi connectivity index (χ1n) is 3.68. The van der Waals surface area contributed by atoms with Crippen molar-refractivity contribution < 1.29 is 14.6 Å². The zero-order valence-electron chi connectivity index (χ0n) is 6.98. The minimum Gasteiger partial charge on any atom is -0.419 e. The number of rotatable bonds is 2. The number of carbonyl (C=O) groups is 1. The molecule has 0 amide bonds. The summed E-state index contributed by atoms with van der Waals surface area (Å²) in [5.41, 5.74) is -0.503. The van der Waals surface area contributed by atoms with Gasteiger partial charge in [-0.1, -0.05) is 0 Å². The Bertz CT molecular complexity index is 355. The minimum absolute atomic E-state index is 0.117. The standard InChI is InChI=1S/C8H9NO4/c1-5(10)8(12)13-6-3-2-4-9-7(6)11/h2-5,10H,1H3,(H,9,11)/t5-/m1/s1. The average molecular weight is 183 g/mol. The third kappa shape index (κ3) is 2.41. The highest BCUT2D eigenvalue weighted by Crippen LogP contribution is 2.01. The number of hydrogen-bond donors (Lipinski definition) is 2. The van der Waals surface area contributed by atoms with Crippen molar-refractivity contribution in [2.24, 2.45) is 0 Å². The second kappa shape index (κ2) is 3.86. The summed E-state index contributed by atoms with van der Waals surface area (Å²) in [6, 6.07) is 2.87. The van der Waals surface area contributed by atoms with Gasteiger partial charge >= 0.3 is 5.97 Å². The zero-order chi connectivity index (χ0) is 9.84. The van der Waals surface area contributed by atoms with Crippen LogP contribution in [0.2, 0.25) is 0 Å². The van der Waals surface area contributed by atoms with Gasteiger partial charge < -0.3 is 14.8 Å². The van der Waals surface area contributed by atoms with Crippen LogP contribution in [0, 0.1) is 0 Å². The number of aliphatic hydroxyl groups excluding tert-OH is 1. The summed E-state index contributed by atoms with van der Waals surface area (Å²) in [4.78, 5) is 24.1. The Morgan fingerprint density at radius 2 is 2.38 bits per heavy atom. The van der Waals surface area contributed by atoms with Crippen molar-refractivity contribution in [3.05, 3.63) is 28.7 Å². The third-order valence-electron chi connectivity index (χ3n) is 1.33. The van der Waals surface area contributed by atoms with Gasteiger partial charge in [0, 0.05) is 6.20 Å². The van der Waals surface area contributed by atoms with Crippen LogP contribution >= 0.6 is 0 Å². The van der Waals surface area contributed by atoms with Crippen LogP contribution in [0.15, 0.2) is 23.1 Å². The fourth-order valence-electron chi connectivity index (χ4n) is 0.680.